The van der Waals surface area contributed by atoms with E-state index in [0.29, 0.717) is 29.7 Å². The van der Waals surface area contributed by atoms with Gasteiger partial charge in [-0.3, -0.25) is 15.0 Å². The van der Waals surface area contributed by atoms with E-state index in [4.69, 9.17) is 11.1 Å². The van der Waals surface area contributed by atoms with Crippen LogP contribution in [0.3, 0.4) is 0 Å². The summed E-state index contributed by atoms with van der Waals surface area (Å²) >= 11 is 0. The number of benzene rings is 4. The van der Waals surface area contributed by atoms with Gasteiger partial charge in [-0.2, -0.15) is 0 Å². The number of hydrogen-bond acceptors (Lipinski definition) is 4. The van der Waals surface area contributed by atoms with Crippen molar-refractivity contribution in [3.63, 3.8) is 0 Å². The van der Waals surface area contributed by atoms with E-state index in [9.17, 15) is 14.7 Å². The minimum atomic E-state index is -0.338. The first kappa shape index (κ1) is 28.3. The van der Waals surface area contributed by atoms with Gasteiger partial charge in [-0.1, -0.05) is 72.8 Å². The maximum atomic E-state index is 13.4. The van der Waals surface area contributed by atoms with Gasteiger partial charge in [0.1, 0.15) is 5.84 Å². The van der Waals surface area contributed by atoms with Crippen LogP contribution in [0.2, 0.25) is 0 Å². The minimum absolute atomic E-state index is 0.0122. The highest BCUT2D eigenvalue weighted by Crippen LogP contribution is 2.24. The van der Waals surface area contributed by atoms with Crippen molar-refractivity contribution in [2.45, 2.75) is 25.8 Å². The average molecular weight is 535 g/mol. The van der Waals surface area contributed by atoms with E-state index in [0.717, 1.165) is 22.3 Å². The molecule has 7 heteroatoms. The molecule has 0 aliphatic carbocycles. The second-order valence-corrected chi connectivity index (χ2v) is 9.87. The Morgan fingerprint density at radius 3 is 2.17 bits per heavy atom. The van der Waals surface area contributed by atoms with Crippen molar-refractivity contribution in [3.8, 4) is 11.1 Å². The van der Waals surface area contributed by atoms with Crippen LogP contribution in [0.5, 0.6) is 0 Å². The topological polar surface area (TPSA) is 128 Å². The van der Waals surface area contributed by atoms with E-state index in [1.807, 2.05) is 84.9 Å². The number of amidine groups is 1. The molecule has 4 rings (SSSR count). The average Bonchev–Trinajstić information content (AvgIpc) is 2.96. The fourth-order valence-electron chi connectivity index (χ4n) is 4.75. The zero-order valence-electron chi connectivity index (χ0n) is 22.4. The Balaban J connectivity index is 1.54. The summed E-state index contributed by atoms with van der Waals surface area (Å²) in [5, 5.41) is 24.1. The van der Waals surface area contributed by atoms with E-state index in [-0.39, 0.29) is 36.2 Å². The number of hydrogen-bond donors (Lipinski definition) is 5. The molecule has 0 radical (unpaired) electrons. The molecule has 0 spiro atoms. The van der Waals surface area contributed by atoms with Crippen LogP contribution in [0.25, 0.3) is 11.1 Å². The van der Waals surface area contributed by atoms with Gasteiger partial charge in [-0.05, 0) is 65.4 Å². The summed E-state index contributed by atoms with van der Waals surface area (Å²) in [6.45, 7) is 1.35. The van der Waals surface area contributed by atoms with E-state index in [1.54, 1.807) is 18.2 Å². The Bertz CT molecular complexity index is 1470. The third-order valence-corrected chi connectivity index (χ3v) is 6.82. The summed E-state index contributed by atoms with van der Waals surface area (Å²) in [4.78, 5) is 24.8. The maximum Gasteiger partial charge on any atom is 0.251 e. The standard InChI is InChI=1S/C33H34N4O3/c1-22(39)36-30-12-6-10-27(20-30)25-13-15-26(16-14-25)33(40)37-31(19-23-7-3-2-4-8-23)29(21-38)18-24-9-5-11-28(17-24)32(34)35/h2-17,20,29,31,38H,18-19,21H2,1H3,(H3,34,35)(H,36,39)(H,37,40). The Morgan fingerprint density at radius 1 is 0.800 bits per heavy atom. The number of nitrogen functional groups attached to an aromatic ring is 1. The van der Waals surface area contributed by atoms with Crippen LogP contribution in [-0.2, 0) is 17.6 Å². The predicted octanol–water partition coefficient (Wildman–Crippen LogP) is 4.79. The van der Waals surface area contributed by atoms with Crippen LogP contribution in [0.1, 0.15) is 34.0 Å². The highest BCUT2D eigenvalue weighted by Gasteiger charge is 2.24. The maximum absolute atomic E-state index is 13.4. The van der Waals surface area contributed by atoms with Gasteiger partial charge in [0.05, 0.1) is 0 Å². The van der Waals surface area contributed by atoms with Crippen LogP contribution >= 0.6 is 0 Å². The number of aliphatic hydroxyl groups excluding tert-OH is 1. The number of nitrogens with two attached hydrogens (primary N) is 1. The van der Waals surface area contributed by atoms with Gasteiger partial charge < -0.3 is 21.5 Å². The second kappa shape index (κ2) is 13.4. The lowest BCUT2D eigenvalue weighted by atomic mass is 9.88. The fraction of sp³-hybridized carbons (Fsp3) is 0.182. The van der Waals surface area contributed by atoms with Crippen LogP contribution in [-0.4, -0.2) is 35.4 Å². The molecule has 7 nitrogen and oxygen atoms in total. The molecule has 0 aliphatic rings. The van der Waals surface area contributed by atoms with Crippen molar-refractivity contribution in [3.05, 3.63) is 125 Å². The van der Waals surface area contributed by atoms with Crippen molar-refractivity contribution < 1.29 is 14.7 Å². The van der Waals surface area contributed by atoms with Gasteiger partial charge in [0.25, 0.3) is 5.91 Å². The highest BCUT2D eigenvalue weighted by molar-refractivity contribution is 5.95. The molecule has 204 valence electrons. The van der Waals surface area contributed by atoms with Crippen LogP contribution < -0.4 is 16.4 Å². The lowest BCUT2D eigenvalue weighted by Gasteiger charge is -2.27. The molecule has 2 amide bonds. The van der Waals surface area contributed by atoms with E-state index >= 15 is 0 Å². The van der Waals surface area contributed by atoms with Gasteiger partial charge >= 0.3 is 0 Å². The lowest BCUT2D eigenvalue weighted by molar-refractivity contribution is -0.114. The summed E-state index contributed by atoms with van der Waals surface area (Å²) in [5.41, 5.74) is 11.3. The molecule has 6 N–H and O–H groups in total. The van der Waals surface area contributed by atoms with Crippen molar-refractivity contribution in [2.75, 3.05) is 11.9 Å². The molecule has 2 atom stereocenters. The number of carbonyl (C=O) groups is 2. The molecule has 2 unspecified atom stereocenters. The van der Waals surface area contributed by atoms with Crippen molar-refractivity contribution >= 4 is 23.3 Å². The van der Waals surface area contributed by atoms with E-state index in [1.165, 1.54) is 6.92 Å². The highest BCUT2D eigenvalue weighted by atomic mass is 16.3. The fourth-order valence-corrected chi connectivity index (χ4v) is 4.75. The number of amides is 2. The molecule has 0 saturated heterocycles. The first-order valence-electron chi connectivity index (χ1n) is 13.2. The molecule has 4 aromatic carbocycles. The molecule has 0 bridgehead atoms. The second-order valence-electron chi connectivity index (χ2n) is 9.87. The summed E-state index contributed by atoms with van der Waals surface area (Å²) < 4.78 is 0. The molecule has 4 aromatic rings. The number of aliphatic hydroxyl groups is 1. The van der Waals surface area contributed by atoms with Crippen molar-refractivity contribution in [1.29, 1.82) is 5.41 Å². The van der Waals surface area contributed by atoms with E-state index in [2.05, 4.69) is 10.6 Å². The van der Waals surface area contributed by atoms with E-state index < -0.39 is 0 Å². The molecular formula is C33H34N4O3. The Labute approximate surface area is 234 Å². The van der Waals surface area contributed by atoms with Crippen molar-refractivity contribution in [1.82, 2.24) is 5.32 Å². The largest absolute Gasteiger partial charge is 0.396 e. The summed E-state index contributed by atoms with van der Waals surface area (Å²) in [7, 11) is 0. The van der Waals surface area contributed by atoms with Crippen LogP contribution in [0.15, 0.2) is 103 Å². The zero-order chi connectivity index (χ0) is 28.5. The Hall–Kier alpha value is -4.75. The third-order valence-electron chi connectivity index (χ3n) is 6.82. The Morgan fingerprint density at radius 2 is 1.50 bits per heavy atom. The molecule has 0 aliphatic heterocycles. The third kappa shape index (κ3) is 7.65. The van der Waals surface area contributed by atoms with Gasteiger partial charge in [0.2, 0.25) is 5.91 Å². The van der Waals surface area contributed by atoms with Gasteiger partial charge in [-0.25, -0.2) is 0 Å². The van der Waals surface area contributed by atoms with Crippen LogP contribution in [0.4, 0.5) is 5.69 Å². The lowest BCUT2D eigenvalue weighted by Crippen LogP contribution is -2.44. The zero-order valence-corrected chi connectivity index (χ0v) is 22.4. The first-order valence-corrected chi connectivity index (χ1v) is 13.2. The Kier molecular flexibility index (Phi) is 9.44. The number of nitrogens with one attached hydrogen (secondary N) is 3. The molecule has 0 fully saturated rings. The SMILES string of the molecule is CC(=O)Nc1cccc(-c2ccc(C(=O)NC(Cc3ccccc3)C(CO)Cc3cccc(C(=N)N)c3)cc2)c1. The molecule has 40 heavy (non-hydrogen) atoms. The smallest absolute Gasteiger partial charge is 0.251 e. The molecule has 0 heterocycles. The minimum Gasteiger partial charge on any atom is -0.396 e. The quantitative estimate of drug-likeness (QED) is 0.140. The molecular weight excluding hydrogens is 500 g/mol. The predicted molar refractivity (Wildman–Crippen MR) is 159 cm³/mol. The summed E-state index contributed by atoms with van der Waals surface area (Å²) in [6.07, 6.45) is 1.07. The van der Waals surface area contributed by atoms with Crippen LogP contribution in [0, 0.1) is 11.3 Å². The van der Waals surface area contributed by atoms with Crippen molar-refractivity contribution in [2.24, 2.45) is 11.7 Å². The normalized spacial score (nSPS) is 12.2. The van der Waals surface area contributed by atoms with Gasteiger partial charge in [-0.15, -0.1) is 0 Å². The number of anilines is 1. The summed E-state index contributed by atoms with van der Waals surface area (Å²) in [6, 6.07) is 31.8. The molecule has 0 aromatic heterocycles. The van der Waals surface area contributed by atoms with Gasteiger partial charge in [0, 0.05) is 42.3 Å². The number of rotatable bonds is 11. The van der Waals surface area contributed by atoms with Gasteiger partial charge in [0.15, 0.2) is 0 Å². The monoisotopic (exact) mass is 534 g/mol. The number of carbonyl (C=O) groups excluding carboxylic acids is 2. The summed E-state index contributed by atoms with van der Waals surface area (Å²) in [5.74, 6) is -0.638. The first-order chi connectivity index (χ1) is 19.3. The molecule has 0 saturated carbocycles.